The van der Waals surface area contributed by atoms with Crippen LogP contribution in [0.5, 0.6) is 5.75 Å². The van der Waals surface area contributed by atoms with E-state index in [0.29, 0.717) is 24.8 Å². The Morgan fingerprint density at radius 3 is 1.81 bits per heavy atom. The van der Waals surface area contributed by atoms with Crippen LogP contribution in [0.25, 0.3) is 0 Å². The van der Waals surface area contributed by atoms with E-state index >= 15 is 0 Å². The molecule has 2 unspecified atom stereocenters. The van der Waals surface area contributed by atoms with E-state index in [-0.39, 0.29) is 53.7 Å². The molecule has 0 bridgehead atoms. The number of unbranched alkanes of at least 4 members (excludes halogenated alkanes) is 1. The highest BCUT2D eigenvalue weighted by Crippen LogP contribution is 2.41. The SMILES string of the molecule is COc1c(C(C)(C)C)cc(C(=O)N2CC(NC(=O)CCCCC(c3ccc(F)cc3)c3ccc(F)cc3)CC2C(=O)O)cc1C(C)(C)C. The van der Waals surface area contributed by atoms with Crippen LogP contribution < -0.4 is 10.1 Å². The highest BCUT2D eigenvalue weighted by atomic mass is 19.1. The molecule has 1 aliphatic heterocycles. The molecule has 1 aliphatic rings. The van der Waals surface area contributed by atoms with E-state index in [2.05, 4.69) is 5.32 Å². The van der Waals surface area contributed by atoms with Crippen molar-refractivity contribution in [2.75, 3.05) is 13.7 Å². The minimum absolute atomic E-state index is 0.0838. The first-order valence-corrected chi connectivity index (χ1v) is 16.6. The maximum Gasteiger partial charge on any atom is 0.326 e. The first-order valence-electron chi connectivity index (χ1n) is 16.6. The fraction of sp³-hybridized carbons (Fsp3) is 0.462. The molecule has 2 amide bonds. The summed E-state index contributed by atoms with van der Waals surface area (Å²) in [5.74, 6) is -1.77. The van der Waals surface area contributed by atoms with Gasteiger partial charge in [-0.1, -0.05) is 72.2 Å². The Morgan fingerprint density at radius 1 is 0.875 bits per heavy atom. The minimum atomic E-state index is -1.12. The highest BCUT2D eigenvalue weighted by Gasteiger charge is 2.41. The minimum Gasteiger partial charge on any atom is -0.496 e. The number of methoxy groups -OCH3 is 1. The lowest BCUT2D eigenvalue weighted by atomic mass is 9.78. The summed E-state index contributed by atoms with van der Waals surface area (Å²) in [7, 11) is 1.62. The van der Waals surface area contributed by atoms with Crippen molar-refractivity contribution in [1.29, 1.82) is 0 Å². The van der Waals surface area contributed by atoms with Gasteiger partial charge in [0.1, 0.15) is 23.4 Å². The number of carbonyl (C=O) groups excluding carboxylic acids is 2. The third-order valence-corrected chi connectivity index (χ3v) is 9.06. The van der Waals surface area contributed by atoms with E-state index < -0.39 is 24.0 Å². The summed E-state index contributed by atoms with van der Waals surface area (Å²) in [5, 5.41) is 13.0. The maximum atomic E-state index is 14.0. The second-order valence-electron chi connectivity index (χ2n) is 14.8. The van der Waals surface area contributed by atoms with Crippen molar-refractivity contribution >= 4 is 17.8 Å². The molecule has 4 rings (SSSR count). The molecule has 1 saturated heterocycles. The van der Waals surface area contributed by atoms with Gasteiger partial charge in [-0.2, -0.15) is 0 Å². The van der Waals surface area contributed by atoms with Gasteiger partial charge in [0.15, 0.2) is 0 Å². The zero-order chi connectivity index (χ0) is 35.4. The van der Waals surface area contributed by atoms with E-state index in [9.17, 15) is 28.3 Å². The summed E-state index contributed by atoms with van der Waals surface area (Å²) >= 11 is 0. The van der Waals surface area contributed by atoms with Crippen molar-refractivity contribution < 1.29 is 33.0 Å². The van der Waals surface area contributed by atoms with Crippen LogP contribution in [0.15, 0.2) is 60.7 Å². The molecule has 3 aromatic carbocycles. The molecular weight excluding hydrogens is 614 g/mol. The van der Waals surface area contributed by atoms with Crippen molar-refractivity contribution in [2.24, 2.45) is 0 Å². The van der Waals surface area contributed by atoms with Gasteiger partial charge in [-0.15, -0.1) is 0 Å². The van der Waals surface area contributed by atoms with Crippen LogP contribution in [-0.4, -0.2) is 53.5 Å². The van der Waals surface area contributed by atoms with E-state index in [1.807, 2.05) is 41.5 Å². The lowest BCUT2D eigenvalue weighted by Gasteiger charge is -2.30. The summed E-state index contributed by atoms with van der Waals surface area (Å²) in [4.78, 5) is 40.6. The topological polar surface area (TPSA) is 95.9 Å². The van der Waals surface area contributed by atoms with Gasteiger partial charge in [-0.05, 0) is 71.2 Å². The number of nitrogens with one attached hydrogen (secondary N) is 1. The molecule has 9 heteroatoms. The highest BCUT2D eigenvalue weighted by molar-refractivity contribution is 5.98. The first kappa shape index (κ1) is 36.6. The number of ether oxygens (including phenoxy) is 1. The summed E-state index contributed by atoms with van der Waals surface area (Å²) in [5.41, 5.74) is 3.24. The lowest BCUT2D eigenvalue weighted by molar-refractivity contribution is -0.141. The fourth-order valence-electron chi connectivity index (χ4n) is 6.50. The van der Waals surface area contributed by atoms with E-state index in [0.717, 1.165) is 28.0 Å². The van der Waals surface area contributed by atoms with Gasteiger partial charge in [0.05, 0.1) is 7.11 Å². The smallest absolute Gasteiger partial charge is 0.326 e. The van der Waals surface area contributed by atoms with Crippen LogP contribution in [0.4, 0.5) is 8.78 Å². The number of carboxylic acids is 1. The largest absolute Gasteiger partial charge is 0.496 e. The molecule has 0 saturated carbocycles. The molecule has 258 valence electrons. The molecule has 0 aliphatic carbocycles. The third-order valence-electron chi connectivity index (χ3n) is 9.06. The molecule has 7 nitrogen and oxygen atoms in total. The Hall–Kier alpha value is -4.27. The van der Waals surface area contributed by atoms with Gasteiger partial charge >= 0.3 is 5.97 Å². The number of hydrogen-bond acceptors (Lipinski definition) is 4. The number of carboxylic acid groups (broad SMARTS) is 1. The second-order valence-corrected chi connectivity index (χ2v) is 14.8. The average molecular weight is 663 g/mol. The Kier molecular flexibility index (Phi) is 11.3. The van der Waals surface area contributed by atoms with E-state index in [1.165, 1.54) is 29.2 Å². The number of amides is 2. The molecule has 0 spiro atoms. The number of aliphatic carboxylic acids is 1. The van der Waals surface area contributed by atoms with Crippen molar-refractivity contribution in [1.82, 2.24) is 10.2 Å². The van der Waals surface area contributed by atoms with Crippen molar-refractivity contribution in [3.8, 4) is 5.75 Å². The van der Waals surface area contributed by atoms with Gasteiger partial charge < -0.3 is 20.1 Å². The fourth-order valence-corrected chi connectivity index (χ4v) is 6.50. The molecule has 2 atom stereocenters. The molecular formula is C39H48F2N2O5. The molecule has 48 heavy (non-hydrogen) atoms. The standard InChI is InChI=1S/C39H48F2N2O5/c1-38(2,3)31-20-26(21-32(35(31)48-7)39(4,5)6)36(45)43-23-29(22-33(43)37(46)47)42-34(44)11-9-8-10-30(24-12-16-27(40)17-13-24)25-14-18-28(41)19-15-25/h12-21,29-30,33H,8-11,22-23H2,1-7H3,(H,42,44)(H,46,47). The summed E-state index contributed by atoms with van der Waals surface area (Å²) < 4.78 is 33.0. The average Bonchev–Trinajstić information content (AvgIpc) is 3.44. The van der Waals surface area contributed by atoms with Gasteiger partial charge in [0.2, 0.25) is 5.91 Å². The zero-order valence-electron chi connectivity index (χ0n) is 29.0. The predicted molar refractivity (Wildman–Crippen MR) is 183 cm³/mol. The Bertz CT molecular complexity index is 1530. The van der Waals surface area contributed by atoms with Crippen LogP contribution in [0.3, 0.4) is 0 Å². The molecule has 0 radical (unpaired) electrons. The number of rotatable bonds is 11. The normalized spacial score (nSPS) is 16.7. The molecule has 3 aromatic rings. The zero-order valence-corrected chi connectivity index (χ0v) is 29.0. The van der Waals surface area contributed by atoms with Crippen LogP contribution >= 0.6 is 0 Å². The summed E-state index contributed by atoms with van der Waals surface area (Å²) in [6, 6.07) is 14.5. The number of likely N-dealkylation sites (tertiary alicyclic amines) is 1. The predicted octanol–water partition coefficient (Wildman–Crippen LogP) is 7.74. The van der Waals surface area contributed by atoms with Gasteiger partial charge in [-0.3, -0.25) is 9.59 Å². The molecule has 2 N–H and O–H groups in total. The second kappa shape index (κ2) is 14.9. The van der Waals surface area contributed by atoms with Crippen molar-refractivity contribution in [3.05, 3.63) is 100 Å². The van der Waals surface area contributed by atoms with Crippen molar-refractivity contribution in [2.45, 2.75) is 102 Å². The molecule has 0 aromatic heterocycles. The van der Waals surface area contributed by atoms with Crippen LogP contribution in [0.1, 0.15) is 112 Å². The third kappa shape index (κ3) is 8.79. The molecule has 1 heterocycles. The summed E-state index contributed by atoms with van der Waals surface area (Å²) in [6.45, 7) is 12.3. The van der Waals surface area contributed by atoms with E-state index in [1.54, 1.807) is 43.5 Å². The molecule has 1 fully saturated rings. The number of nitrogens with zero attached hydrogens (tertiary/aromatic N) is 1. The van der Waals surface area contributed by atoms with Gasteiger partial charge in [-0.25, -0.2) is 13.6 Å². The summed E-state index contributed by atoms with van der Waals surface area (Å²) in [6.07, 6.45) is 2.26. The maximum absolute atomic E-state index is 14.0. The first-order chi connectivity index (χ1) is 22.5. The quantitative estimate of drug-likeness (QED) is 0.205. The van der Waals surface area contributed by atoms with Gasteiger partial charge in [0.25, 0.3) is 5.91 Å². The Morgan fingerprint density at radius 2 is 1.38 bits per heavy atom. The van der Waals surface area contributed by atoms with Gasteiger partial charge in [0, 0.05) is 48.0 Å². The van der Waals surface area contributed by atoms with Crippen LogP contribution in [-0.2, 0) is 20.4 Å². The lowest BCUT2D eigenvalue weighted by Crippen LogP contribution is -2.41. The van der Waals surface area contributed by atoms with E-state index in [4.69, 9.17) is 4.74 Å². The number of halogens is 2. The number of hydrogen-bond donors (Lipinski definition) is 2. The monoisotopic (exact) mass is 662 g/mol. The number of benzene rings is 3. The number of carbonyl (C=O) groups is 3. The van der Waals surface area contributed by atoms with Crippen molar-refractivity contribution in [3.63, 3.8) is 0 Å². The Labute approximate surface area is 282 Å². The van der Waals surface area contributed by atoms with Crippen LogP contribution in [0.2, 0.25) is 0 Å². The van der Waals surface area contributed by atoms with Crippen LogP contribution in [0, 0.1) is 11.6 Å². The Balaban J connectivity index is 1.42.